The van der Waals surface area contributed by atoms with Gasteiger partial charge in [-0.2, -0.15) is 0 Å². The van der Waals surface area contributed by atoms with Gasteiger partial charge in [0, 0.05) is 26.7 Å². The molecule has 190 valence electrons. The molecule has 2 atom stereocenters. The monoisotopic (exact) mass is 559 g/mol. The third kappa shape index (κ3) is 5.58. The summed E-state index contributed by atoms with van der Waals surface area (Å²) >= 11 is 3.56. The van der Waals surface area contributed by atoms with E-state index in [0.717, 1.165) is 26.5 Å². The Morgan fingerprint density at radius 1 is 0.946 bits per heavy atom. The van der Waals surface area contributed by atoms with E-state index in [-0.39, 0.29) is 11.7 Å². The number of benzene rings is 3. The number of methoxy groups -OCH3 is 1. The predicted molar refractivity (Wildman–Crippen MR) is 151 cm³/mol. The molecule has 1 aromatic heterocycles. The Balaban J connectivity index is 2.01. The lowest BCUT2D eigenvalue weighted by Crippen LogP contribution is -2.46. The Labute approximate surface area is 226 Å². The number of anilines is 1. The molecule has 0 aliphatic rings. The zero-order valence-corrected chi connectivity index (χ0v) is 23.2. The summed E-state index contributed by atoms with van der Waals surface area (Å²) in [6, 6.07) is 24.0. The second-order valence-electron chi connectivity index (χ2n) is 9.19. The minimum atomic E-state index is -0.537. The molecule has 0 N–H and O–H groups in total. The number of ketones is 1. The van der Waals surface area contributed by atoms with Gasteiger partial charge in [0.15, 0.2) is 5.78 Å². The molecule has 0 saturated heterocycles. The Morgan fingerprint density at radius 3 is 2.22 bits per heavy atom. The van der Waals surface area contributed by atoms with Crippen molar-refractivity contribution >= 4 is 44.2 Å². The van der Waals surface area contributed by atoms with Crippen LogP contribution in [-0.4, -0.2) is 48.8 Å². The first-order chi connectivity index (χ1) is 17.7. The number of ether oxygens (including phenoxy) is 1. The summed E-state index contributed by atoms with van der Waals surface area (Å²) in [6.07, 6.45) is 0. The van der Waals surface area contributed by atoms with E-state index in [1.54, 1.807) is 24.1 Å². The summed E-state index contributed by atoms with van der Waals surface area (Å²) in [6.45, 7) is 3.41. The fourth-order valence-electron chi connectivity index (χ4n) is 4.29. The molecule has 0 aliphatic carbocycles. The van der Waals surface area contributed by atoms with Crippen molar-refractivity contribution in [3.63, 3.8) is 0 Å². The zero-order valence-electron chi connectivity index (χ0n) is 21.6. The van der Waals surface area contributed by atoms with E-state index < -0.39 is 12.1 Å². The number of carbonyl (C=O) groups is 2. The van der Waals surface area contributed by atoms with Crippen LogP contribution in [0, 0.1) is 0 Å². The first-order valence-corrected chi connectivity index (χ1v) is 12.8. The zero-order chi connectivity index (χ0) is 26.7. The van der Waals surface area contributed by atoms with Gasteiger partial charge in [-0.25, -0.2) is 4.98 Å². The lowest BCUT2D eigenvalue weighted by molar-refractivity contribution is -0.122. The minimum absolute atomic E-state index is 0.0309. The van der Waals surface area contributed by atoms with Crippen LogP contribution >= 0.6 is 15.9 Å². The van der Waals surface area contributed by atoms with Crippen molar-refractivity contribution in [1.29, 1.82) is 0 Å². The fourth-order valence-corrected chi connectivity index (χ4v) is 4.67. The van der Waals surface area contributed by atoms with E-state index >= 15 is 0 Å². The number of pyridine rings is 1. The molecule has 7 heteroatoms. The molecule has 6 nitrogen and oxygen atoms in total. The number of Topliss-reactive ketones (excluding diaryl/α,β-unsaturated/α-hetero) is 1. The van der Waals surface area contributed by atoms with Crippen LogP contribution in [0.25, 0.3) is 10.9 Å². The van der Waals surface area contributed by atoms with E-state index in [1.165, 1.54) is 6.92 Å². The van der Waals surface area contributed by atoms with Crippen molar-refractivity contribution in [2.75, 3.05) is 26.1 Å². The highest BCUT2D eigenvalue weighted by atomic mass is 79.9. The summed E-state index contributed by atoms with van der Waals surface area (Å²) in [5.41, 5.74) is 3.72. The highest BCUT2D eigenvalue weighted by molar-refractivity contribution is 9.10. The van der Waals surface area contributed by atoms with Crippen LogP contribution in [0.2, 0.25) is 0 Å². The number of likely N-dealkylation sites (N-methyl/N-ethyl adjacent to an activating group) is 1. The molecule has 0 bridgehead atoms. The predicted octanol–water partition coefficient (Wildman–Crippen LogP) is 6.28. The maximum absolute atomic E-state index is 14.2. The van der Waals surface area contributed by atoms with Gasteiger partial charge in [0.2, 0.25) is 11.8 Å². The number of hydrogen-bond donors (Lipinski definition) is 0. The number of halogens is 1. The van der Waals surface area contributed by atoms with Crippen molar-refractivity contribution in [2.45, 2.75) is 25.9 Å². The van der Waals surface area contributed by atoms with Crippen LogP contribution in [0.4, 0.5) is 5.69 Å². The van der Waals surface area contributed by atoms with Crippen LogP contribution < -0.4 is 9.64 Å². The van der Waals surface area contributed by atoms with Crippen molar-refractivity contribution in [3.05, 3.63) is 100 Å². The van der Waals surface area contributed by atoms with E-state index in [1.807, 2.05) is 92.6 Å². The summed E-state index contributed by atoms with van der Waals surface area (Å²) in [4.78, 5) is 34.6. The molecule has 0 radical (unpaired) electrons. The molecular formula is C30H30BrN3O3. The largest absolute Gasteiger partial charge is 0.481 e. The fraction of sp³-hybridized carbons (Fsp3) is 0.233. The number of aromatic nitrogens is 1. The molecule has 37 heavy (non-hydrogen) atoms. The number of nitrogens with zero attached hydrogens (tertiary/aromatic N) is 3. The third-order valence-corrected chi connectivity index (χ3v) is 7.05. The molecule has 0 spiro atoms. The van der Waals surface area contributed by atoms with E-state index in [0.29, 0.717) is 17.1 Å². The van der Waals surface area contributed by atoms with Gasteiger partial charge in [-0.1, -0.05) is 46.3 Å². The maximum atomic E-state index is 14.2. The Bertz CT molecular complexity index is 1420. The second-order valence-corrected chi connectivity index (χ2v) is 10.1. The Kier molecular flexibility index (Phi) is 8.05. The molecule has 1 amide bonds. The Hall–Kier alpha value is -3.55. The molecule has 0 fully saturated rings. The molecule has 3 aromatic carbocycles. The normalized spacial score (nSPS) is 12.8. The summed E-state index contributed by atoms with van der Waals surface area (Å²) < 4.78 is 6.73. The number of rotatable bonds is 8. The average Bonchev–Trinajstić information content (AvgIpc) is 2.90. The van der Waals surface area contributed by atoms with Gasteiger partial charge < -0.3 is 4.74 Å². The smallest absolute Gasteiger partial charge is 0.244 e. The van der Waals surface area contributed by atoms with Crippen LogP contribution in [-0.2, 0) is 4.79 Å². The highest BCUT2D eigenvalue weighted by Gasteiger charge is 2.34. The lowest BCUT2D eigenvalue weighted by atomic mass is 9.94. The molecule has 2 unspecified atom stereocenters. The highest BCUT2D eigenvalue weighted by Crippen LogP contribution is 2.39. The summed E-state index contributed by atoms with van der Waals surface area (Å²) in [5.74, 6) is 0.321. The molecule has 0 saturated carbocycles. The van der Waals surface area contributed by atoms with Gasteiger partial charge in [-0.3, -0.25) is 19.4 Å². The van der Waals surface area contributed by atoms with Crippen molar-refractivity contribution in [3.8, 4) is 5.88 Å². The lowest BCUT2D eigenvalue weighted by Gasteiger charge is -2.36. The van der Waals surface area contributed by atoms with Crippen molar-refractivity contribution < 1.29 is 14.3 Å². The Morgan fingerprint density at radius 2 is 1.62 bits per heavy atom. The summed E-state index contributed by atoms with van der Waals surface area (Å²) in [5, 5.41) is 0.922. The molecule has 0 aliphatic heterocycles. The second kappa shape index (κ2) is 11.2. The molecule has 1 heterocycles. The molecule has 4 rings (SSSR count). The van der Waals surface area contributed by atoms with E-state index in [4.69, 9.17) is 9.72 Å². The summed E-state index contributed by atoms with van der Waals surface area (Å²) in [7, 11) is 5.36. The van der Waals surface area contributed by atoms with Crippen LogP contribution in [0.5, 0.6) is 5.88 Å². The standard InChI is InChI=1S/C30H30BrN3O3/c1-19(33(3)4)30(36)34(25-14-11-21(12-15-25)20(2)35)28(22-9-7-6-8-10-22)26-18-23-17-24(31)13-16-27(23)32-29(26)37-5/h6-19,28H,1-5H3. The number of hydrogen-bond acceptors (Lipinski definition) is 5. The van der Waals surface area contributed by atoms with Gasteiger partial charge in [0.1, 0.15) is 0 Å². The van der Waals surface area contributed by atoms with E-state index in [9.17, 15) is 9.59 Å². The van der Waals surface area contributed by atoms with Crippen molar-refractivity contribution in [2.24, 2.45) is 0 Å². The van der Waals surface area contributed by atoms with Gasteiger partial charge >= 0.3 is 0 Å². The van der Waals surface area contributed by atoms with Crippen LogP contribution in [0.1, 0.15) is 41.4 Å². The number of amides is 1. The topological polar surface area (TPSA) is 62.7 Å². The van der Waals surface area contributed by atoms with Gasteiger partial charge in [0.05, 0.1) is 24.7 Å². The quantitative estimate of drug-likeness (QED) is 0.238. The molecular weight excluding hydrogens is 530 g/mol. The SMILES string of the molecule is COc1nc2ccc(Br)cc2cc1C(c1ccccc1)N(C(=O)C(C)N(C)C)c1ccc(C(C)=O)cc1. The maximum Gasteiger partial charge on any atom is 0.244 e. The van der Waals surface area contributed by atoms with Crippen LogP contribution in [0.3, 0.4) is 0 Å². The third-order valence-electron chi connectivity index (χ3n) is 6.55. The van der Waals surface area contributed by atoms with Gasteiger partial charge in [-0.05, 0) is 82.0 Å². The van der Waals surface area contributed by atoms with E-state index in [2.05, 4.69) is 15.9 Å². The average molecular weight is 560 g/mol. The number of fused-ring (bicyclic) bond motifs is 1. The first-order valence-electron chi connectivity index (χ1n) is 12.0. The molecule has 4 aromatic rings. The first kappa shape index (κ1) is 26.5. The number of carbonyl (C=O) groups excluding carboxylic acids is 2. The van der Waals surface area contributed by atoms with Gasteiger partial charge in [-0.15, -0.1) is 0 Å². The van der Waals surface area contributed by atoms with Crippen LogP contribution in [0.15, 0.2) is 83.3 Å². The van der Waals surface area contributed by atoms with Crippen molar-refractivity contribution in [1.82, 2.24) is 9.88 Å². The minimum Gasteiger partial charge on any atom is -0.481 e. The van der Waals surface area contributed by atoms with Gasteiger partial charge in [0.25, 0.3) is 0 Å².